The maximum Gasteiger partial charge on any atom is 0.127 e. The number of carbonyl (C=O) groups excluding carboxylic acids is 1. The van der Waals surface area contributed by atoms with Crippen molar-refractivity contribution < 1.29 is 9.53 Å². The normalized spacial score (nSPS) is 25.5. The van der Waals surface area contributed by atoms with Crippen molar-refractivity contribution >= 4 is 6.29 Å². The predicted molar refractivity (Wildman–Crippen MR) is 70.1 cm³/mol. The van der Waals surface area contributed by atoms with E-state index in [9.17, 15) is 4.79 Å². The molecule has 3 heteroatoms. The average Bonchev–Trinajstić information content (AvgIpc) is 2.30. The highest BCUT2D eigenvalue weighted by molar-refractivity contribution is 5.59. The van der Waals surface area contributed by atoms with Gasteiger partial charge in [-0.25, -0.2) is 0 Å². The van der Waals surface area contributed by atoms with E-state index in [1.807, 2.05) is 0 Å². The van der Waals surface area contributed by atoms with E-state index >= 15 is 0 Å². The summed E-state index contributed by atoms with van der Waals surface area (Å²) in [7, 11) is 1.77. The van der Waals surface area contributed by atoms with Crippen LogP contribution in [0.15, 0.2) is 0 Å². The summed E-state index contributed by atoms with van der Waals surface area (Å²) in [6, 6.07) is 0. The lowest BCUT2D eigenvalue weighted by atomic mass is 9.85. The van der Waals surface area contributed by atoms with Crippen LogP contribution in [0.5, 0.6) is 0 Å². The third-order valence-corrected chi connectivity index (χ3v) is 3.70. The van der Waals surface area contributed by atoms with Gasteiger partial charge in [0.25, 0.3) is 0 Å². The fourth-order valence-electron chi connectivity index (χ4n) is 2.92. The molecule has 1 saturated heterocycles. The van der Waals surface area contributed by atoms with Crippen molar-refractivity contribution in [3.63, 3.8) is 0 Å². The average molecular weight is 241 g/mol. The van der Waals surface area contributed by atoms with Gasteiger partial charge in [-0.2, -0.15) is 0 Å². The van der Waals surface area contributed by atoms with Crippen LogP contribution in [0.2, 0.25) is 0 Å². The summed E-state index contributed by atoms with van der Waals surface area (Å²) in [5.74, 6) is 0.645. The van der Waals surface area contributed by atoms with E-state index in [4.69, 9.17) is 4.74 Å². The number of ether oxygens (including phenoxy) is 1. The SMILES string of the molecule is CCCC(C)(C=O)CN1CCCC(COC)C1. The molecule has 1 heterocycles. The molecule has 0 aromatic heterocycles. The molecule has 2 atom stereocenters. The zero-order chi connectivity index (χ0) is 12.7. The fourth-order valence-corrected chi connectivity index (χ4v) is 2.92. The Labute approximate surface area is 106 Å². The zero-order valence-electron chi connectivity index (χ0n) is 11.6. The summed E-state index contributed by atoms with van der Waals surface area (Å²) >= 11 is 0. The monoisotopic (exact) mass is 241 g/mol. The largest absolute Gasteiger partial charge is 0.384 e. The number of carbonyl (C=O) groups is 1. The van der Waals surface area contributed by atoms with Gasteiger partial charge in [0.2, 0.25) is 0 Å². The molecule has 0 saturated carbocycles. The lowest BCUT2D eigenvalue weighted by molar-refractivity contribution is -0.117. The first kappa shape index (κ1) is 14.7. The molecule has 3 nitrogen and oxygen atoms in total. The van der Waals surface area contributed by atoms with Gasteiger partial charge in [0.05, 0.1) is 6.61 Å². The minimum atomic E-state index is -0.163. The summed E-state index contributed by atoms with van der Waals surface area (Å²) in [6.07, 6.45) is 5.70. The minimum absolute atomic E-state index is 0.163. The topological polar surface area (TPSA) is 29.5 Å². The van der Waals surface area contributed by atoms with Crippen molar-refractivity contribution in [1.82, 2.24) is 4.90 Å². The molecule has 100 valence electrons. The van der Waals surface area contributed by atoms with E-state index in [1.165, 1.54) is 12.8 Å². The lowest BCUT2D eigenvalue weighted by Crippen LogP contribution is -2.43. The van der Waals surface area contributed by atoms with Crippen LogP contribution in [0.3, 0.4) is 0 Å². The number of hydrogen-bond donors (Lipinski definition) is 0. The second-order valence-corrected chi connectivity index (χ2v) is 5.72. The van der Waals surface area contributed by atoms with Crippen molar-refractivity contribution in [2.24, 2.45) is 11.3 Å². The van der Waals surface area contributed by atoms with Crippen LogP contribution in [-0.4, -0.2) is 44.5 Å². The molecule has 0 amide bonds. The Morgan fingerprint density at radius 3 is 2.88 bits per heavy atom. The van der Waals surface area contributed by atoms with E-state index in [0.29, 0.717) is 5.92 Å². The Hall–Kier alpha value is -0.410. The highest BCUT2D eigenvalue weighted by atomic mass is 16.5. The summed E-state index contributed by atoms with van der Waals surface area (Å²) in [6.45, 7) is 8.20. The Morgan fingerprint density at radius 1 is 1.53 bits per heavy atom. The molecular formula is C14H27NO2. The van der Waals surface area contributed by atoms with E-state index in [1.54, 1.807) is 7.11 Å². The van der Waals surface area contributed by atoms with E-state index in [-0.39, 0.29) is 5.41 Å². The van der Waals surface area contributed by atoms with Gasteiger partial charge in [-0.05, 0) is 31.7 Å². The van der Waals surface area contributed by atoms with Gasteiger partial charge in [-0.1, -0.05) is 20.3 Å². The van der Waals surface area contributed by atoms with E-state index < -0.39 is 0 Å². The summed E-state index contributed by atoms with van der Waals surface area (Å²) in [5.41, 5.74) is -0.163. The maximum atomic E-state index is 11.2. The predicted octanol–water partition coefficient (Wildman–Crippen LogP) is 2.35. The molecule has 0 radical (unpaired) electrons. The lowest BCUT2D eigenvalue weighted by Gasteiger charge is -2.37. The molecule has 1 rings (SSSR count). The third-order valence-electron chi connectivity index (χ3n) is 3.70. The second-order valence-electron chi connectivity index (χ2n) is 5.72. The molecule has 0 N–H and O–H groups in total. The van der Waals surface area contributed by atoms with Crippen LogP contribution in [-0.2, 0) is 9.53 Å². The number of likely N-dealkylation sites (tertiary alicyclic amines) is 1. The van der Waals surface area contributed by atoms with Gasteiger partial charge in [0, 0.05) is 25.6 Å². The van der Waals surface area contributed by atoms with Gasteiger partial charge in [-0.15, -0.1) is 0 Å². The van der Waals surface area contributed by atoms with E-state index in [0.717, 1.165) is 45.4 Å². The van der Waals surface area contributed by atoms with Crippen LogP contribution < -0.4 is 0 Å². The third kappa shape index (κ3) is 4.76. The second kappa shape index (κ2) is 7.12. The maximum absolute atomic E-state index is 11.2. The molecule has 0 spiro atoms. The fraction of sp³-hybridized carbons (Fsp3) is 0.929. The van der Waals surface area contributed by atoms with Gasteiger partial charge in [0.1, 0.15) is 6.29 Å². The first-order chi connectivity index (χ1) is 8.13. The quantitative estimate of drug-likeness (QED) is 0.641. The van der Waals surface area contributed by atoms with Crippen LogP contribution in [0.25, 0.3) is 0 Å². The standard InChI is InChI=1S/C14H27NO2/c1-4-7-14(2,12-16)11-15-8-5-6-13(9-15)10-17-3/h12-13H,4-11H2,1-3H3. The van der Waals surface area contributed by atoms with Gasteiger partial charge in [-0.3, -0.25) is 0 Å². The number of hydrogen-bond acceptors (Lipinski definition) is 3. The van der Waals surface area contributed by atoms with Crippen molar-refractivity contribution in [2.75, 3.05) is 33.4 Å². The molecule has 0 bridgehead atoms. The number of rotatable bonds is 7. The zero-order valence-corrected chi connectivity index (χ0v) is 11.6. The summed E-state index contributed by atoms with van der Waals surface area (Å²) in [4.78, 5) is 13.7. The molecule has 0 aromatic carbocycles. The van der Waals surface area contributed by atoms with Gasteiger partial charge >= 0.3 is 0 Å². The van der Waals surface area contributed by atoms with Crippen molar-refractivity contribution in [3.8, 4) is 0 Å². The Kier molecular flexibility index (Phi) is 6.14. The minimum Gasteiger partial charge on any atom is -0.384 e. The van der Waals surface area contributed by atoms with Crippen LogP contribution in [0, 0.1) is 11.3 Å². The van der Waals surface area contributed by atoms with Crippen molar-refractivity contribution in [3.05, 3.63) is 0 Å². The highest BCUT2D eigenvalue weighted by Gasteiger charge is 2.28. The molecule has 17 heavy (non-hydrogen) atoms. The van der Waals surface area contributed by atoms with Gasteiger partial charge < -0.3 is 14.4 Å². The molecule has 0 aromatic rings. The van der Waals surface area contributed by atoms with Crippen molar-refractivity contribution in [1.29, 1.82) is 0 Å². The number of aldehydes is 1. The van der Waals surface area contributed by atoms with Crippen LogP contribution >= 0.6 is 0 Å². The van der Waals surface area contributed by atoms with Crippen LogP contribution in [0.1, 0.15) is 39.5 Å². The highest BCUT2D eigenvalue weighted by Crippen LogP contribution is 2.25. The Bertz CT molecular complexity index is 230. The Morgan fingerprint density at radius 2 is 2.29 bits per heavy atom. The summed E-state index contributed by atoms with van der Waals surface area (Å²) < 4.78 is 5.24. The molecular weight excluding hydrogens is 214 g/mol. The molecule has 1 aliphatic heterocycles. The first-order valence-corrected chi connectivity index (χ1v) is 6.81. The first-order valence-electron chi connectivity index (χ1n) is 6.81. The molecule has 1 fully saturated rings. The van der Waals surface area contributed by atoms with Crippen molar-refractivity contribution in [2.45, 2.75) is 39.5 Å². The molecule has 0 aliphatic carbocycles. The smallest absolute Gasteiger partial charge is 0.127 e. The van der Waals surface area contributed by atoms with Gasteiger partial charge in [0.15, 0.2) is 0 Å². The summed E-state index contributed by atoms with van der Waals surface area (Å²) in [5, 5.41) is 0. The number of piperidine rings is 1. The van der Waals surface area contributed by atoms with E-state index in [2.05, 4.69) is 18.7 Å². The number of nitrogens with zero attached hydrogens (tertiary/aromatic N) is 1. The molecule has 1 aliphatic rings. The van der Waals surface area contributed by atoms with Crippen LogP contribution in [0.4, 0.5) is 0 Å². The molecule has 2 unspecified atom stereocenters. The number of methoxy groups -OCH3 is 1. The Balaban J connectivity index is 2.46.